The minimum atomic E-state index is 0.00986. The van der Waals surface area contributed by atoms with Crippen LogP contribution in [0.25, 0.3) is 34.2 Å². The van der Waals surface area contributed by atoms with E-state index in [0.717, 1.165) is 5.56 Å². The fourth-order valence-corrected chi connectivity index (χ4v) is 3.41. The maximum absolute atomic E-state index is 11.1. The summed E-state index contributed by atoms with van der Waals surface area (Å²) in [5, 5.41) is 0. The predicted octanol–water partition coefficient (Wildman–Crippen LogP) is 4.35. The van der Waals surface area contributed by atoms with E-state index in [2.05, 4.69) is 42.9 Å². The highest BCUT2D eigenvalue weighted by Crippen LogP contribution is 2.29. The molecule has 0 fully saturated rings. The second-order valence-electron chi connectivity index (χ2n) is 8.87. The number of pyridine rings is 2. The van der Waals surface area contributed by atoms with Crippen LogP contribution in [0.1, 0.15) is 47.1 Å². The predicted molar refractivity (Wildman–Crippen MR) is 132 cm³/mol. The summed E-state index contributed by atoms with van der Waals surface area (Å²) < 4.78 is 0. The van der Waals surface area contributed by atoms with Gasteiger partial charge in [0.05, 0.1) is 33.9 Å². The molecule has 3 aromatic heterocycles. The monoisotopic (exact) mass is 452 g/mol. The zero-order valence-electron chi connectivity index (χ0n) is 19.1. The van der Waals surface area contributed by atoms with Crippen molar-refractivity contribution in [1.82, 2.24) is 19.9 Å². The van der Waals surface area contributed by atoms with Crippen LogP contribution in [0.15, 0.2) is 54.6 Å². The highest BCUT2D eigenvalue weighted by Gasteiger charge is 2.16. The van der Waals surface area contributed by atoms with Gasteiger partial charge in [-0.05, 0) is 41.3 Å². The lowest BCUT2D eigenvalue weighted by atomic mass is 9.86. The van der Waals surface area contributed by atoms with Gasteiger partial charge in [-0.1, -0.05) is 45.0 Å². The smallest absolute Gasteiger partial charge is 0.160 e. The van der Waals surface area contributed by atoms with Gasteiger partial charge in [0.1, 0.15) is 11.6 Å². The Hall–Kier alpha value is -4.46. The highest BCUT2D eigenvalue weighted by molar-refractivity contribution is 5.84. The number of nitrogen functional groups attached to an aromatic ring is 2. The zero-order valence-corrected chi connectivity index (χ0v) is 19.1. The van der Waals surface area contributed by atoms with Crippen molar-refractivity contribution in [2.45, 2.75) is 26.2 Å². The van der Waals surface area contributed by atoms with E-state index in [1.165, 1.54) is 5.56 Å². The highest BCUT2D eigenvalue weighted by atomic mass is 16.1. The van der Waals surface area contributed by atoms with Gasteiger partial charge in [-0.15, -0.1) is 0 Å². The van der Waals surface area contributed by atoms with Crippen LogP contribution in [0.3, 0.4) is 0 Å². The van der Waals surface area contributed by atoms with Crippen LogP contribution in [0.4, 0.5) is 11.6 Å². The standard InChI is InChI=1S/C26H24N6O2/c1-26(2,3)18-8-4-15(5-9-18)25-31-21(19-10-6-16(13-33)23(27)29-19)12-22(32-25)20-11-7-17(14-34)24(28)30-20/h4-14H,1-3H3,(H2,27,29)(H2,28,30). The average molecular weight is 453 g/mol. The van der Waals surface area contributed by atoms with Gasteiger partial charge in [0.15, 0.2) is 18.4 Å². The topological polar surface area (TPSA) is 138 Å². The lowest BCUT2D eigenvalue weighted by Gasteiger charge is -2.19. The van der Waals surface area contributed by atoms with Gasteiger partial charge in [0, 0.05) is 5.56 Å². The molecule has 8 heteroatoms. The molecular weight excluding hydrogens is 428 g/mol. The Morgan fingerprint density at radius 1 is 0.647 bits per heavy atom. The second-order valence-corrected chi connectivity index (χ2v) is 8.87. The molecule has 0 spiro atoms. The van der Waals surface area contributed by atoms with Gasteiger partial charge in [0.25, 0.3) is 0 Å². The minimum Gasteiger partial charge on any atom is -0.383 e. The molecule has 0 saturated carbocycles. The number of benzene rings is 1. The van der Waals surface area contributed by atoms with E-state index < -0.39 is 0 Å². The summed E-state index contributed by atoms with van der Waals surface area (Å²) in [4.78, 5) is 40.4. The summed E-state index contributed by atoms with van der Waals surface area (Å²) in [6.45, 7) is 6.44. The maximum atomic E-state index is 11.1. The third-order valence-electron chi connectivity index (χ3n) is 5.43. The van der Waals surface area contributed by atoms with Crippen molar-refractivity contribution < 1.29 is 9.59 Å². The summed E-state index contributed by atoms with van der Waals surface area (Å²) in [7, 11) is 0. The Bertz CT molecular complexity index is 1320. The maximum Gasteiger partial charge on any atom is 0.160 e. The number of aromatic nitrogens is 4. The van der Waals surface area contributed by atoms with E-state index in [-0.39, 0.29) is 17.1 Å². The molecule has 0 unspecified atom stereocenters. The molecule has 0 atom stereocenters. The van der Waals surface area contributed by atoms with Crippen LogP contribution in [0.5, 0.6) is 0 Å². The summed E-state index contributed by atoms with van der Waals surface area (Å²) in [5.74, 6) is 0.690. The van der Waals surface area contributed by atoms with Crippen LogP contribution < -0.4 is 11.5 Å². The summed E-state index contributed by atoms with van der Waals surface area (Å²) in [5.41, 5.74) is 16.4. The second kappa shape index (κ2) is 8.82. The van der Waals surface area contributed by atoms with Crippen LogP contribution in [-0.2, 0) is 5.41 Å². The van der Waals surface area contributed by atoms with Crippen molar-refractivity contribution in [3.8, 4) is 34.2 Å². The molecule has 0 aliphatic carbocycles. The Morgan fingerprint density at radius 3 is 1.50 bits per heavy atom. The van der Waals surface area contributed by atoms with E-state index in [4.69, 9.17) is 21.4 Å². The van der Waals surface area contributed by atoms with Gasteiger partial charge in [-0.2, -0.15) is 0 Å². The molecule has 1 aromatic carbocycles. The van der Waals surface area contributed by atoms with Crippen LogP contribution in [-0.4, -0.2) is 32.5 Å². The fraction of sp³-hybridized carbons (Fsp3) is 0.154. The van der Waals surface area contributed by atoms with Crippen molar-refractivity contribution in [3.63, 3.8) is 0 Å². The Balaban J connectivity index is 1.89. The third-order valence-corrected chi connectivity index (χ3v) is 5.43. The van der Waals surface area contributed by atoms with E-state index in [1.54, 1.807) is 30.3 Å². The average Bonchev–Trinajstić information content (AvgIpc) is 2.83. The van der Waals surface area contributed by atoms with Crippen molar-refractivity contribution in [1.29, 1.82) is 0 Å². The van der Waals surface area contributed by atoms with Gasteiger partial charge in [-0.3, -0.25) is 9.59 Å². The lowest BCUT2D eigenvalue weighted by Crippen LogP contribution is -2.10. The van der Waals surface area contributed by atoms with Crippen LogP contribution in [0, 0.1) is 0 Å². The van der Waals surface area contributed by atoms with E-state index >= 15 is 0 Å². The molecule has 0 bridgehead atoms. The number of nitrogens with zero attached hydrogens (tertiary/aromatic N) is 4. The van der Waals surface area contributed by atoms with Crippen LogP contribution >= 0.6 is 0 Å². The number of hydrogen-bond acceptors (Lipinski definition) is 8. The molecule has 34 heavy (non-hydrogen) atoms. The van der Waals surface area contributed by atoms with Gasteiger partial charge in [-0.25, -0.2) is 19.9 Å². The van der Waals surface area contributed by atoms with Gasteiger partial charge >= 0.3 is 0 Å². The molecule has 170 valence electrons. The van der Waals surface area contributed by atoms with Gasteiger partial charge < -0.3 is 11.5 Å². The number of carbonyl (C=O) groups excluding carboxylic acids is 2. The first-order valence-corrected chi connectivity index (χ1v) is 10.6. The minimum absolute atomic E-state index is 0.00986. The lowest BCUT2D eigenvalue weighted by molar-refractivity contribution is 0.111. The molecule has 0 aliphatic heterocycles. The number of nitrogens with two attached hydrogens (primary N) is 2. The molecule has 4 N–H and O–H groups in total. The summed E-state index contributed by atoms with van der Waals surface area (Å²) >= 11 is 0. The summed E-state index contributed by atoms with van der Waals surface area (Å²) in [6, 6.07) is 16.3. The Kier molecular flexibility index (Phi) is 5.89. The first-order valence-electron chi connectivity index (χ1n) is 10.6. The normalized spacial score (nSPS) is 11.3. The SMILES string of the molecule is CC(C)(C)c1ccc(-c2nc(-c3ccc(C=O)c(N)n3)cc(-c3ccc(C=O)c(N)n3)n2)cc1. The van der Waals surface area contributed by atoms with Gasteiger partial charge in [0.2, 0.25) is 0 Å². The molecule has 4 aromatic rings. The molecular formula is C26H24N6O2. The van der Waals surface area contributed by atoms with Crippen molar-refractivity contribution in [2.24, 2.45) is 0 Å². The third kappa shape index (κ3) is 4.52. The van der Waals surface area contributed by atoms with Crippen molar-refractivity contribution in [3.05, 3.63) is 71.3 Å². The van der Waals surface area contributed by atoms with E-state index in [1.807, 2.05) is 12.1 Å². The molecule has 8 nitrogen and oxygen atoms in total. The molecule has 4 rings (SSSR count). The zero-order chi connectivity index (χ0) is 24.5. The number of anilines is 2. The first-order chi connectivity index (χ1) is 16.2. The molecule has 0 aliphatic rings. The number of rotatable bonds is 5. The fourth-order valence-electron chi connectivity index (χ4n) is 3.41. The molecule has 0 saturated heterocycles. The van der Waals surface area contributed by atoms with Crippen molar-refractivity contribution >= 4 is 24.2 Å². The van der Waals surface area contributed by atoms with E-state index in [0.29, 0.717) is 52.3 Å². The molecule has 3 heterocycles. The number of hydrogen-bond donors (Lipinski definition) is 2. The van der Waals surface area contributed by atoms with Crippen molar-refractivity contribution in [2.75, 3.05) is 11.5 Å². The quantitative estimate of drug-likeness (QED) is 0.426. The largest absolute Gasteiger partial charge is 0.383 e. The molecule has 0 radical (unpaired) electrons. The number of aldehydes is 2. The number of carbonyl (C=O) groups is 2. The Labute approximate surface area is 197 Å². The molecule has 0 amide bonds. The Morgan fingerprint density at radius 2 is 1.12 bits per heavy atom. The first kappa shape index (κ1) is 22.7. The van der Waals surface area contributed by atoms with Crippen LogP contribution in [0.2, 0.25) is 0 Å². The summed E-state index contributed by atoms with van der Waals surface area (Å²) in [6.07, 6.45) is 1.31. The van der Waals surface area contributed by atoms with E-state index in [9.17, 15) is 9.59 Å².